The van der Waals surface area contributed by atoms with Crippen LogP contribution in [0.25, 0.3) is 0 Å². The minimum absolute atomic E-state index is 0.0695. The molecule has 2 nitrogen and oxygen atoms in total. The van der Waals surface area contributed by atoms with Gasteiger partial charge in [-0.1, -0.05) is 6.08 Å². The summed E-state index contributed by atoms with van der Waals surface area (Å²) in [4.78, 5) is 10.3. The number of rotatable bonds is 5. The number of hydrogen-bond acceptors (Lipinski definition) is 1. The zero-order valence-electron chi connectivity index (χ0n) is 6.34. The summed E-state index contributed by atoms with van der Waals surface area (Å²) in [5.74, 6) is -0.643. The predicted molar refractivity (Wildman–Crippen MR) is 45.4 cm³/mol. The number of aliphatic carboxylic acids is 1. The van der Waals surface area contributed by atoms with E-state index in [2.05, 4.69) is 6.58 Å². The lowest BCUT2D eigenvalue weighted by molar-refractivity contribution is -0.137. The number of carboxylic acids is 1. The van der Waals surface area contributed by atoms with Crippen molar-refractivity contribution in [2.45, 2.75) is 24.8 Å². The van der Waals surface area contributed by atoms with Crippen molar-refractivity contribution in [2.75, 3.05) is 0 Å². The maximum Gasteiger partial charge on any atom is 0.302 e. The second-order valence-electron chi connectivity index (χ2n) is 2.46. The molecule has 0 aromatic rings. The van der Waals surface area contributed by atoms with E-state index in [1.165, 1.54) is 0 Å². The second kappa shape index (κ2) is 5.23. The summed E-state index contributed by atoms with van der Waals surface area (Å²) in [7, 11) is 0.757. The molecule has 0 spiro atoms. The number of unbranched alkanes of at least 4 members (excludes halogenated alkanes) is 1. The van der Waals surface area contributed by atoms with Crippen LogP contribution >= 0.6 is 0 Å². The predicted octanol–water partition coefficient (Wildman–Crippen LogP) is 0.581. The van der Waals surface area contributed by atoms with Gasteiger partial charge in [0.05, 0.1) is 0 Å². The fourth-order valence-corrected chi connectivity index (χ4v) is 1.10. The molecule has 1 N–H and O–H groups in total. The molecule has 1 unspecified atom stereocenters. The third kappa shape index (κ3) is 4.32. The smallest absolute Gasteiger partial charge is 0.302 e. The first-order valence-electron chi connectivity index (χ1n) is 3.52. The molecule has 0 aliphatic heterocycles. The van der Waals surface area contributed by atoms with Gasteiger partial charge in [0, 0.05) is 15.8 Å². The standard InChI is InChI=1S/C7H14O2Si/c1-2-3-4-5-6(10)7(8)9/h2,6H,1,3-5H2,10H3,(H,8,9). The number of hydrogen-bond donors (Lipinski definition) is 1. The Balaban J connectivity index is 3.30. The van der Waals surface area contributed by atoms with Crippen molar-refractivity contribution in [1.82, 2.24) is 0 Å². The fraction of sp³-hybridized carbons (Fsp3) is 0.571. The lowest BCUT2D eigenvalue weighted by atomic mass is 10.2. The van der Waals surface area contributed by atoms with Gasteiger partial charge in [-0.05, 0) is 19.3 Å². The van der Waals surface area contributed by atoms with E-state index in [4.69, 9.17) is 5.11 Å². The zero-order chi connectivity index (χ0) is 7.98. The number of carbonyl (C=O) groups is 1. The lowest BCUT2D eigenvalue weighted by Gasteiger charge is -2.02. The largest absolute Gasteiger partial charge is 0.481 e. The molecule has 0 aliphatic rings. The van der Waals surface area contributed by atoms with Crippen molar-refractivity contribution in [3.05, 3.63) is 12.7 Å². The van der Waals surface area contributed by atoms with Crippen molar-refractivity contribution >= 4 is 16.2 Å². The van der Waals surface area contributed by atoms with Crippen LogP contribution in [-0.2, 0) is 4.79 Å². The Morgan fingerprint density at radius 1 is 1.80 bits per heavy atom. The molecule has 3 heteroatoms. The molecule has 10 heavy (non-hydrogen) atoms. The Bertz CT molecular complexity index is 123. The molecule has 0 amide bonds. The van der Waals surface area contributed by atoms with Gasteiger partial charge in [0.1, 0.15) is 0 Å². The first-order chi connectivity index (χ1) is 4.68. The summed E-state index contributed by atoms with van der Waals surface area (Å²) in [6.45, 7) is 3.57. The van der Waals surface area contributed by atoms with Gasteiger partial charge in [-0.2, -0.15) is 0 Å². The molecule has 0 aliphatic carbocycles. The van der Waals surface area contributed by atoms with Crippen LogP contribution in [0.2, 0.25) is 5.54 Å². The highest BCUT2D eigenvalue weighted by Crippen LogP contribution is 2.10. The van der Waals surface area contributed by atoms with Gasteiger partial charge in [-0.15, -0.1) is 6.58 Å². The van der Waals surface area contributed by atoms with E-state index in [1.807, 2.05) is 6.08 Å². The van der Waals surface area contributed by atoms with Crippen LogP contribution in [0.5, 0.6) is 0 Å². The summed E-state index contributed by atoms with van der Waals surface area (Å²) in [6.07, 6.45) is 4.54. The topological polar surface area (TPSA) is 37.3 Å². The summed E-state index contributed by atoms with van der Waals surface area (Å²) in [5, 5.41) is 8.49. The summed E-state index contributed by atoms with van der Waals surface area (Å²) >= 11 is 0. The van der Waals surface area contributed by atoms with Crippen LogP contribution in [0.1, 0.15) is 19.3 Å². The van der Waals surface area contributed by atoms with Crippen molar-refractivity contribution in [2.24, 2.45) is 0 Å². The molecule has 0 radical (unpaired) electrons. The maximum absolute atomic E-state index is 10.3. The van der Waals surface area contributed by atoms with Crippen molar-refractivity contribution in [3.8, 4) is 0 Å². The van der Waals surface area contributed by atoms with Crippen LogP contribution in [0.3, 0.4) is 0 Å². The molecule has 0 saturated carbocycles. The van der Waals surface area contributed by atoms with E-state index in [-0.39, 0.29) is 5.54 Å². The molecule has 1 atom stereocenters. The highest BCUT2D eigenvalue weighted by atomic mass is 28.1. The van der Waals surface area contributed by atoms with Gasteiger partial charge >= 0.3 is 5.97 Å². The molecule has 58 valence electrons. The second-order valence-corrected chi connectivity index (χ2v) is 3.85. The minimum atomic E-state index is -0.643. The van der Waals surface area contributed by atoms with Gasteiger partial charge in [0.2, 0.25) is 0 Å². The Labute approximate surface area is 64.4 Å². The number of carboxylic acid groups (broad SMARTS) is 1. The molecule has 0 rings (SSSR count). The Morgan fingerprint density at radius 3 is 2.80 bits per heavy atom. The van der Waals surface area contributed by atoms with Gasteiger partial charge < -0.3 is 5.11 Å². The normalized spacial score (nSPS) is 12.8. The highest BCUT2D eigenvalue weighted by molar-refractivity contribution is 6.22. The van der Waals surface area contributed by atoms with Crippen LogP contribution in [-0.4, -0.2) is 21.3 Å². The maximum atomic E-state index is 10.3. The molecular weight excluding hydrogens is 144 g/mol. The van der Waals surface area contributed by atoms with Gasteiger partial charge in [0.15, 0.2) is 0 Å². The van der Waals surface area contributed by atoms with E-state index in [1.54, 1.807) is 0 Å². The van der Waals surface area contributed by atoms with E-state index in [0.717, 1.165) is 29.5 Å². The van der Waals surface area contributed by atoms with Crippen LogP contribution < -0.4 is 0 Å². The summed E-state index contributed by atoms with van der Waals surface area (Å²) in [5.41, 5.74) is -0.0695. The first kappa shape index (κ1) is 9.43. The molecule has 0 aromatic carbocycles. The van der Waals surface area contributed by atoms with Crippen molar-refractivity contribution in [3.63, 3.8) is 0 Å². The SMILES string of the molecule is C=CCCCC([SiH3])C(=O)O. The third-order valence-corrected chi connectivity index (χ3v) is 2.54. The Kier molecular flexibility index (Phi) is 4.93. The number of allylic oxidation sites excluding steroid dienone is 1. The molecule has 0 aromatic heterocycles. The molecule has 0 fully saturated rings. The summed E-state index contributed by atoms with van der Waals surface area (Å²) < 4.78 is 0. The molecule has 0 heterocycles. The van der Waals surface area contributed by atoms with Crippen molar-refractivity contribution in [1.29, 1.82) is 0 Å². The molecule has 0 saturated heterocycles. The Morgan fingerprint density at radius 2 is 2.40 bits per heavy atom. The van der Waals surface area contributed by atoms with E-state index in [9.17, 15) is 4.79 Å². The van der Waals surface area contributed by atoms with Gasteiger partial charge in [-0.3, -0.25) is 4.79 Å². The van der Waals surface area contributed by atoms with E-state index in [0.29, 0.717) is 0 Å². The van der Waals surface area contributed by atoms with Crippen molar-refractivity contribution < 1.29 is 9.90 Å². The Hall–Kier alpha value is -0.573. The monoisotopic (exact) mass is 158 g/mol. The van der Waals surface area contributed by atoms with Crippen LogP contribution in [0.4, 0.5) is 0 Å². The minimum Gasteiger partial charge on any atom is -0.481 e. The highest BCUT2D eigenvalue weighted by Gasteiger charge is 2.08. The van der Waals surface area contributed by atoms with E-state index >= 15 is 0 Å². The quantitative estimate of drug-likeness (QED) is 0.361. The van der Waals surface area contributed by atoms with Gasteiger partial charge in [0.25, 0.3) is 0 Å². The molecule has 0 bridgehead atoms. The van der Waals surface area contributed by atoms with Crippen LogP contribution in [0, 0.1) is 0 Å². The zero-order valence-corrected chi connectivity index (χ0v) is 8.34. The first-order valence-corrected chi connectivity index (χ1v) is 4.67. The lowest BCUT2D eigenvalue weighted by Crippen LogP contribution is -2.06. The third-order valence-electron chi connectivity index (χ3n) is 1.47. The average molecular weight is 158 g/mol. The fourth-order valence-electron chi connectivity index (χ4n) is 0.692. The summed E-state index contributed by atoms with van der Waals surface area (Å²) in [6, 6.07) is 0. The van der Waals surface area contributed by atoms with Gasteiger partial charge in [-0.25, -0.2) is 0 Å². The van der Waals surface area contributed by atoms with E-state index < -0.39 is 5.97 Å². The average Bonchev–Trinajstić information content (AvgIpc) is 1.88. The molecular formula is C7H14O2Si. The van der Waals surface area contributed by atoms with Crippen LogP contribution in [0.15, 0.2) is 12.7 Å².